The third-order valence-corrected chi connectivity index (χ3v) is 6.20. The summed E-state index contributed by atoms with van der Waals surface area (Å²) in [5.74, 6) is 0.266. The van der Waals surface area contributed by atoms with Gasteiger partial charge >= 0.3 is 11.9 Å². The van der Waals surface area contributed by atoms with Crippen molar-refractivity contribution in [3.8, 4) is 17.2 Å². The van der Waals surface area contributed by atoms with E-state index >= 15 is 0 Å². The second-order valence-electron chi connectivity index (χ2n) is 7.83. The smallest absolute Gasteiger partial charge is 0.363 e. The number of aliphatic imine (C=N–C) groups is 1. The van der Waals surface area contributed by atoms with Gasteiger partial charge in [0, 0.05) is 21.7 Å². The molecule has 38 heavy (non-hydrogen) atoms. The summed E-state index contributed by atoms with van der Waals surface area (Å²) >= 11 is 6.88. The average Bonchev–Trinajstić information content (AvgIpc) is 3.26. The predicted molar refractivity (Wildman–Crippen MR) is 152 cm³/mol. The molecule has 0 saturated carbocycles. The molecule has 0 atom stereocenters. The van der Waals surface area contributed by atoms with E-state index in [9.17, 15) is 9.59 Å². The Kier molecular flexibility index (Phi) is 9.15. The minimum Gasteiger partial charge on any atom is -0.490 e. The third-order valence-electron chi connectivity index (χ3n) is 5.15. The molecule has 7 nitrogen and oxygen atoms in total. The molecular formula is C29H23Br2NO6. The van der Waals surface area contributed by atoms with Crippen LogP contribution in [0.15, 0.2) is 86.4 Å². The van der Waals surface area contributed by atoms with Crippen LogP contribution in [-0.2, 0) is 14.3 Å². The van der Waals surface area contributed by atoms with Crippen LogP contribution in [0, 0.1) is 0 Å². The van der Waals surface area contributed by atoms with Gasteiger partial charge < -0.3 is 18.9 Å². The molecular weight excluding hydrogens is 618 g/mol. The molecule has 9 heteroatoms. The number of nitrogens with zero attached hydrogens (tertiary/aromatic N) is 1. The number of ether oxygens (including phenoxy) is 4. The summed E-state index contributed by atoms with van der Waals surface area (Å²) in [7, 11) is 0. The van der Waals surface area contributed by atoms with Gasteiger partial charge in [-0.3, -0.25) is 0 Å². The summed E-state index contributed by atoms with van der Waals surface area (Å²) in [5, 5.41) is 0. The second-order valence-corrected chi connectivity index (χ2v) is 9.60. The molecule has 0 saturated heterocycles. The molecule has 1 heterocycles. The summed E-state index contributed by atoms with van der Waals surface area (Å²) < 4.78 is 23.5. The maximum Gasteiger partial charge on any atom is 0.363 e. The fourth-order valence-electron chi connectivity index (χ4n) is 3.52. The lowest BCUT2D eigenvalue weighted by molar-refractivity contribution is -0.130. The lowest BCUT2D eigenvalue weighted by atomic mass is 10.1. The molecule has 4 rings (SSSR count). The summed E-state index contributed by atoms with van der Waals surface area (Å²) in [6, 6.07) is 18.0. The summed E-state index contributed by atoms with van der Waals surface area (Å²) in [6.45, 7) is 4.68. The van der Waals surface area contributed by atoms with Crippen molar-refractivity contribution in [3.05, 3.63) is 98.1 Å². The van der Waals surface area contributed by atoms with Crippen LogP contribution >= 0.6 is 31.9 Å². The van der Waals surface area contributed by atoms with E-state index in [2.05, 4.69) is 36.9 Å². The number of hydrogen-bond acceptors (Lipinski definition) is 7. The zero-order valence-electron chi connectivity index (χ0n) is 20.6. The first-order valence-electron chi connectivity index (χ1n) is 11.7. The van der Waals surface area contributed by atoms with Crippen LogP contribution in [0.4, 0.5) is 0 Å². The maximum atomic E-state index is 12.7. The van der Waals surface area contributed by atoms with E-state index in [0.717, 1.165) is 5.56 Å². The Morgan fingerprint density at radius 1 is 0.974 bits per heavy atom. The van der Waals surface area contributed by atoms with Gasteiger partial charge in [-0.2, -0.15) is 0 Å². The number of carbonyl (C=O) groups excluding carboxylic acids is 2. The number of carbonyl (C=O) groups is 2. The largest absolute Gasteiger partial charge is 0.490 e. The van der Waals surface area contributed by atoms with Gasteiger partial charge in [-0.25, -0.2) is 14.6 Å². The quantitative estimate of drug-likeness (QED) is 0.143. The van der Waals surface area contributed by atoms with E-state index < -0.39 is 11.9 Å². The highest BCUT2D eigenvalue weighted by Crippen LogP contribution is 2.36. The SMILES string of the molecule is CCOc1ccc(C2=N/C(=C\c3cc(Br)cc(Br)c3OC(=O)/C=C/c3ccccc3)C(=O)O2)cc1OCC. The fourth-order valence-corrected chi connectivity index (χ4v) is 4.86. The van der Waals surface area contributed by atoms with Crippen molar-refractivity contribution in [3.63, 3.8) is 0 Å². The van der Waals surface area contributed by atoms with Crippen molar-refractivity contribution < 1.29 is 28.5 Å². The fraction of sp³-hybridized carbons (Fsp3) is 0.138. The Labute approximate surface area is 237 Å². The van der Waals surface area contributed by atoms with Gasteiger partial charge in [-0.05, 0) is 77.8 Å². The van der Waals surface area contributed by atoms with Crippen molar-refractivity contribution in [2.75, 3.05) is 13.2 Å². The molecule has 3 aromatic rings. The van der Waals surface area contributed by atoms with Crippen LogP contribution in [-0.4, -0.2) is 31.1 Å². The molecule has 1 aliphatic heterocycles. The lowest BCUT2D eigenvalue weighted by Crippen LogP contribution is -2.07. The summed E-state index contributed by atoms with van der Waals surface area (Å²) in [6.07, 6.45) is 4.50. The van der Waals surface area contributed by atoms with Crippen molar-refractivity contribution in [1.29, 1.82) is 0 Å². The monoisotopic (exact) mass is 639 g/mol. The zero-order chi connectivity index (χ0) is 27.1. The summed E-state index contributed by atoms with van der Waals surface area (Å²) in [5.41, 5.74) is 1.92. The van der Waals surface area contributed by atoms with Gasteiger partial charge in [-0.1, -0.05) is 46.3 Å². The van der Waals surface area contributed by atoms with Gasteiger partial charge in [0.15, 0.2) is 22.9 Å². The topological polar surface area (TPSA) is 83.4 Å². The number of halogens is 2. The van der Waals surface area contributed by atoms with Crippen LogP contribution < -0.4 is 14.2 Å². The first-order valence-corrected chi connectivity index (χ1v) is 13.3. The molecule has 0 aromatic heterocycles. The van der Waals surface area contributed by atoms with Gasteiger partial charge in [0.25, 0.3) is 0 Å². The lowest BCUT2D eigenvalue weighted by Gasteiger charge is -2.11. The second kappa shape index (κ2) is 12.7. The molecule has 0 bridgehead atoms. The minimum atomic E-state index is -0.635. The Hall–Kier alpha value is -3.69. The Morgan fingerprint density at radius 3 is 2.45 bits per heavy atom. The Morgan fingerprint density at radius 2 is 1.71 bits per heavy atom. The van der Waals surface area contributed by atoms with Crippen LogP contribution in [0.5, 0.6) is 17.2 Å². The van der Waals surface area contributed by atoms with E-state index in [1.165, 1.54) is 12.2 Å². The van der Waals surface area contributed by atoms with Crippen molar-refractivity contribution in [1.82, 2.24) is 0 Å². The predicted octanol–water partition coefficient (Wildman–Crippen LogP) is 6.97. The number of rotatable bonds is 9. The maximum absolute atomic E-state index is 12.7. The third kappa shape index (κ3) is 6.79. The minimum absolute atomic E-state index is 0.0500. The van der Waals surface area contributed by atoms with Crippen molar-refractivity contribution >= 4 is 61.8 Å². The molecule has 194 valence electrons. The van der Waals surface area contributed by atoms with Gasteiger partial charge in [0.2, 0.25) is 5.90 Å². The molecule has 1 aliphatic rings. The van der Waals surface area contributed by atoms with Gasteiger partial charge in [-0.15, -0.1) is 0 Å². The van der Waals surface area contributed by atoms with E-state index in [1.54, 1.807) is 36.4 Å². The molecule has 0 N–H and O–H groups in total. The molecule has 0 spiro atoms. The highest BCUT2D eigenvalue weighted by Gasteiger charge is 2.26. The average molecular weight is 641 g/mol. The molecule has 0 radical (unpaired) electrons. The number of hydrogen-bond donors (Lipinski definition) is 0. The van der Waals surface area contributed by atoms with Crippen LogP contribution in [0.25, 0.3) is 12.2 Å². The van der Waals surface area contributed by atoms with Gasteiger partial charge in [0.05, 0.1) is 17.7 Å². The molecule has 0 amide bonds. The molecule has 3 aromatic carbocycles. The van der Waals surface area contributed by atoms with E-state index in [0.29, 0.717) is 44.8 Å². The van der Waals surface area contributed by atoms with Crippen LogP contribution in [0.1, 0.15) is 30.5 Å². The van der Waals surface area contributed by atoms with Gasteiger partial charge in [0.1, 0.15) is 0 Å². The highest BCUT2D eigenvalue weighted by atomic mass is 79.9. The first-order chi connectivity index (χ1) is 18.4. The first kappa shape index (κ1) is 27.3. The van der Waals surface area contributed by atoms with E-state index in [-0.39, 0.29) is 17.3 Å². The molecule has 0 aliphatic carbocycles. The number of esters is 2. The van der Waals surface area contributed by atoms with Crippen molar-refractivity contribution in [2.45, 2.75) is 13.8 Å². The van der Waals surface area contributed by atoms with Crippen LogP contribution in [0.2, 0.25) is 0 Å². The molecule has 0 fully saturated rings. The zero-order valence-corrected chi connectivity index (χ0v) is 23.7. The standard InChI is InChI=1S/C29H23Br2NO6/c1-3-35-24-12-11-19(16-25(24)36-4-2)28-32-23(29(34)38-28)15-20-14-21(30)17-22(31)27(20)37-26(33)13-10-18-8-6-5-7-9-18/h5-17H,3-4H2,1-2H3/b13-10+,23-15-. The number of benzene rings is 3. The summed E-state index contributed by atoms with van der Waals surface area (Å²) in [4.78, 5) is 29.7. The van der Waals surface area contributed by atoms with E-state index in [4.69, 9.17) is 18.9 Å². The van der Waals surface area contributed by atoms with Crippen LogP contribution in [0.3, 0.4) is 0 Å². The Balaban J connectivity index is 1.63. The molecule has 0 unspecified atom stereocenters. The highest BCUT2D eigenvalue weighted by molar-refractivity contribution is 9.11. The Bertz CT molecular complexity index is 1450. The number of cyclic esters (lactones) is 1. The normalized spacial score (nSPS) is 13.9. The van der Waals surface area contributed by atoms with Crippen molar-refractivity contribution in [2.24, 2.45) is 4.99 Å². The van der Waals surface area contributed by atoms with E-state index in [1.807, 2.05) is 44.2 Å².